The highest BCUT2D eigenvalue weighted by molar-refractivity contribution is 5.18. The van der Waals surface area contributed by atoms with Crippen LogP contribution in [0.15, 0.2) is 30.3 Å². The number of hydrogen-bond donors (Lipinski definition) is 3. The predicted octanol–water partition coefficient (Wildman–Crippen LogP) is 1.72. The highest BCUT2D eigenvalue weighted by Gasteiger charge is 2.14. The molecular formula is C14H23NO2. The van der Waals surface area contributed by atoms with Gasteiger partial charge in [0.15, 0.2) is 0 Å². The molecule has 0 saturated carbocycles. The Morgan fingerprint density at radius 2 is 1.82 bits per heavy atom. The Kier molecular flexibility index (Phi) is 6.19. The number of rotatable bonds is 7. The SMILES string of the molecule is CC(C)CC(NCC(O)CO)c1ccccc1. The summed E-state index contributed by atoms with van der Waals surface area (Å²) in [5.41, 5.74) is 1.23. The van der Waals surface area contributed by atoms with Crippen molar-refractivity contribution >= 4 is 0 Å². The molecule has 2 unspecified atom stereocenters. The molecule has 0 spiro atoms. The van der Waals surface area contributed by atoms with Crippen molar-refractivity contribution in [2.75, 3.05) is 13.2 Å². The van der Waals surface area contributed by atoms with Crippen LogP contribution in [-0.4, -0.2) is 29.5 Å². The second-order valence-corrected chi connectivity index (χ2v) is 4.84. The minimum Gasteiger partial charge on any atom is -0.394 e. The predicted molar refractivity (Wildman–Crippen MR) is 69.7 cm³/mol. The smallest absolute Gasteiger partial charge is 0.0895 e. The van der Waals surface area contributed by atoms with E-state index in [-0.39, 0.29) is 12.6 Å². The van der Waals surface area contributed by atoms with E-state index < -0.39 is 6.10 Å². The fraction of sp³-hybridized carbons (Fsp3) is 0.571. The molecule has 1 rings (SSSR count). The molecule has 0 fully saturated rings. The normalized spacial score (nSPS) is 14.9. The van der Waals surface area contributed by atoms with Crippen LogP contribution in [0, 0.1) is 5.92 Å². The van der Waals surface area contributed by atoms with Crippen molar-refractivity contribution in [1.29, 1.82) is 0 Å². The summed E-state index contributed by atoms with van der Waals surface area (Å²) in [6, 6.07) is 10.5. The van der Waals surface area contributed by atoms with E-state index in [4.69, 9.17) is 5.11 Å². The lowest BCUT2D eigenvalue weighted by atomic mass is 9.97. The second kappa shape index (κ2) is 7.43. The third-order valence-electron chi connectivity index (χ3n) is 2.72. The van der Waals surface area contributed by atoms with Crippen LogP contribution in [0.2, 0.25) is 0 Å². The maximum Gasteiger partial charge on any atom is 0.0895 e. The molecule has 3 heteroatoms. The molecule has 0 saturated heterocycles. The van der Waals surface area contributed by atoms with Gasteiger partial charge in [-0.3, -0.25) is 0 Å². The quantitative estimate of drug-likeness (QED) is 0.677. The van der Waals surface area contributed by atoms with E-state index in [9.17, 15) is 5.11 Å². The number of aliphatic hydroxyl groups excluding tert-OH is 2. The van der Waals surface area contributed by atoms with Crippen LogP contribution in [0.4, 0.5) is 0 Å². The minimum atomic E-state index is -0.687. The van der Waals surface area contributed by atoms with Crippen molar-refractivity contribution < 1.29 is 10.2 Å². The monoisotopic (exact) mass is 237 g/mol. The van der Waals surface area contributed by atoms with Gasteiger partial charge >= 0.3 is 0 Å². The molecule has 0 aliphatic heterocycles. The van der Waals surface area contributed by atoms with Gasteiger partial charge in [0, 0.05) is 12.6 Å². The van der Waals surface area contributed by atoms with Crippen LogP contribution in [0.1, 0.15) is 31.9 Å². The molecule has 0 radical (unpaired) electrons. The molecule has 17 heavy (non-hydrogen) atoms. The molecule has 96 valence electrons. The zero-order valence-corrected chi connectivity index (χ0v) is 10.6. The maximum atomic E-state index is 9.38. The largest absolute Gasteiger partial charge is 0.394 e. The zero-order valence-electron chi connectivity index (χ0n) is 10.6. The molecule has 2 atom stereocenters. The fourth-order valence-electron chi connectivity index (χ4n) is 1.84. The van der Waals surface area contributed by atoms with Crippen molar-refractivity contribution in [2.45, 2.75) is 32.4 Å². The van der Waals surface area contributed by atoms with Crippen molar-refractivity contribution in [3.8, 4) is 0 Å². The van der Waals surface area contributed by atoms with Gasteiger partial charge in [0.05, 0.1) is 12.7 Å². The van der Waals surface area contributed by atoms with E-state index >= 15 is 0 Å². The zero-order chi connectivity index (χ0) is 12.7. The van der Waals surface area contributed by atoms with Crippen molar-refractivity contribution in [3.05, 3.63) is 35.9 Å². The molecule has 0 aliphatic rings. The molecule has 3 nitrogen and oxygen atoms in total. The van der Waals surface area contributed by atoms with Crippen molar-refractivity contribution in [2.24, 2.45) is 5.92 Å². The van der Waals surface area contributed by atoms with Gasteiger partial charge in [0.25, 0.3) is 0 Å². The summed E-state index contributed by atoms with van der Waals surface area (Å²) in [4.78, 5) is 0. The molecule has 0 aromatic heterocycles. The van der Waals surface area contributed by atoms with Crippen LogP contribution in [0.5, 0.6) is 0 Å². The summed E-state index contributed by atoms with van der Waals surface area (Å²) in [5, 5.41) is 21.5. The topological polar surface area (TPSA) is 52.5 Å². The third kappa shape index (κ3) is 5.31. The van der Waals surface area contributed by atoms with Gasteiger partial charge in [0.1, 0.15) is 0 Å². The van der Waals surface area contributed by atoms with Gasteiger partial charge in [-0.2, -0.15) is 0 Å². The molecule has 0 bridgehead atoms. The first kappa shape index (κ1) is 14.2. The van der Waals surface area contributed by atoms with E-state index in [2.05, 4.69) is 31.3 Å². The maximum absolute atomic E-state index is 9.38. The van der Waals surface area contributed by atoms with Crippen molar-refractivity contribution in [3.63, 3.8) is 0 Å². The van der Waals surface area contributed by atoms with Gasteiger partial charge in [-0.25, -0.2) is 0 Å². The van der Waals surface area contributed by atoms with E-state index in [1.165, 1.54) is 5.56 Å². The molecule has 3 N–H and O–H groups in total. The number of nitrogens with one attached hydrogen (secondary N) is 1. The lowest BCUT2D eigenvalue weighted by molar-refractivity contribution is 0.0911. The summed E-state index contributed by atoms with van der Waals surface area (Å²) in [7, 11) is 0. The highest BCUT2D eigenvalue weighted by atomic mass is 16.3. The van der Waals surface area contributed by atoms with E-state index in [1.54, 1.807) is 0 Å². The molecule has 1 aromatic rings. The minimum absolute atomic E-state index is 0.198. The second-order valence-electron chi connectivity index (χ2n) is 4.84. The van der Waals surface area contributed by atoms with Crippen LogP contribution >= 0.6 is 0 Å². The van der Waals surface area contributed by atoms with Crippen LogP contribution in [-0.2, 0) is 0 Å². The standard InChI is InChI=1S/C14H23NO2/c1-11(2)8-14(15-9-13(17)10-16)12-6-4-3-5-7-12/h3-7,11,13-17H,8-10H2,1-2H3. The Balaban J connectivity index is 2.61. The Hall–Kier alpha value is -0.900. The van der Waals surface area contributed by atoms with E-state index in [0.29, 0.717) is 12.5 Å². The van der Waals surface area contributed by atoms with E-state index in [0.717, 1.165) is 6.42 Å². The first-order chi connectivity index (χ1) is 8.13. The van der Waals surface area contributed by atoms with Crippen LogP contribution in [0.25, 0.3) is 0 Å². The fourth-order valence-corrected chi connectivity index (χ4v) is 1.84. The summed E-state index contributed by atoms with van der Waals surface area (Å²) in [6.45, 7) is 4.58. The first-order valence-electron chi connectivity index (χ1n) is 6.20. The number of hydrogen-bond acceptors (Lipinski definition) is 3. The van der Waals surface area contributed by atoms with Crippen LogP contribution < -0.4 is 5.32 Å². The average Bonchev–Trinajstić information content (AvgIpc) is 2.34. The average molecular weight is 237 g/mol. The lowest BCUT2D eigenvalue weighted by Gasteiger charge is -2.22. The summed E-state index contributed by atoms with van der Waals surface area (Å²) < 4.78 is 0. The van der Waals surface area contributed by atoms with Crippen LogP contribution in [0.3, 0.4) is 0 Å². The Bertz CT molecular complexity index is 300. The molecule has 0 amide bonds. The Morgan fingerprint density at radius 1 is 1.18 bits per heavy atom. The number of benzene rings is 1. The molecule has 0 heterocycles. The molecule has 1 aromatic carbocycles. The summed E-state index contributed by atoms with van der Waals surface area (Å²) >= 11 is 0. The summed E-state index contributed by atoms with van der Waals surface area (Å²) in [6.07, 6.45) is 0.329. The highest BCUT2D eigenvalue weighted by Crippen LogP contribution is 2.20. The summed E-state index contributed by atoms with van der Waals surface area (Å²) in [5.74, 6) is 0.582. The lowest BCUT2D eigenvalue weighted by Crippen LogP contribution is -2.33. The molecule has 0 aliphatic carbocycles. The van der Waals surface area contributed by atoms with E-state index in [1.807, 2.05) is 18.2 Å². The Labute approximate surface area is 103 Å². The Morgan fingerprint density at radius 3 is 2.35 bits per heavy atom. The van der Waals surface area contributed by atoms with Gasteiger partial charge in [0.2, 0.25) is 0 Å². The first-order valence-corrected chi connectivity index (χ1v) is 6.20. The molecular weight excluding hydrogens is 214 g/mol. The van der Waals surface area contributed by atoms with Gasteiger partial charge in [-0.1, -0.05) is 44.2 Å². The van der Waals surface area contributed by atoms with Gasteiger partial charge < -0.3 is 15.5 Å². The number of aliphatic hydroxyl groups is 2. The van der Waals surface area contributed by atoms with Gasteiger partial charge in [-0.15, -0.1) is 0 Å². The third-order valence-corrected chi connectivity index (χ3v) is 2.72. The van der Waals surface area contributed by atoms with Crippen molar-refractivity contribution in [1.82, 2.24) is 5.32 Å². The van der Waals surface area contributed by atoms with Gasteiger partial charge in [-0.05, 0) is 17.9 Å².